The van der Waals surface area contributed by atoms with Gasteiger partial charge in [0.05, 0.1) is 5.69 Å². The maximum absolute atomic E-state index is 13.8. The molecule has 0 aliphatic carbocycles. The molecule has 92 valence electrons. The lowest BCUT2D eigenvalue weighted by Gasteiger charge is -2.36. The van der Waals surface area contributed by atoms with Crippen LogP contribution in [0.2, 0.25) is 0 Å². The molecule has 2 aliphatic rings. The third kappa shape index (κ3) is 1.97. The minimum atomic E-state index is -0.269. The summed E-state index contributed by atoms with van der Waals surface area (Å²) in [6.45, 7) is 2.74. The van der Waals surface area contributed by atoms with Gasteiger partial charge in [0, 0.05) is 13.0 Å². The molecule has 0 saturated carbocycles. The molecular weight excluding hydrogens is 219 g/mol. The smallest absolute Gasteiger partial charge is 0.178 e. The molecule has 4 heteroatoms. The topological polar surface area (TPSA) is 33.3 Å². The van der Waals surface area contributed by atoms with Crippen LogP contribution in [0.1, 0.15) is 19.3 Å². The van der Waals surface area contributed by atoms with Gasteiger partial charge in [-0.05, 0) is 38.1 Å². The fourth-order valence-corrected chi connectivity index (χ4v) is 2.68. The summed E-state index contributed by atoms with van der Waals surface area (Å²) >= 11 is 0. The summed E-state index contributed by atoms with van der Waals surface area (Å²) < 4.78 is 19.8. The Hall–Kier alpha value is -1.29. The van der Waals surface area contributed by atoms with E-state index in [4.69, 9.17) is 4.74 Å². The van der Waals surface area contributed by atoms with Crippen molar-refractivity contribution in [1.29, 1.82) is 0 Å². The fourth-order valence-electron chi connectivity index (χ4n) is 2.68. The average Bonchev–Trinajstić information content (AvgIpc) is 2.51. The predicted octanol–water partition coefficient (Wildman–Crippen LogP) is 2.14. The number of fused-ring (bicyclic) bond motifs is 1. The van der Waals surface area contributed by atoms with Crippen molar-refractivity contribution in [3.8, 4) is 5.75 Å². The lowest BCUT2D eigenvalue weighted by molar-refractivity contribution is 0.0320. The molecule has 1 saturated heterocycles. The van der Waals surface area contributed by atoms with Crippen molar-refractivity contribution in [2.24, 2.45) is 0 Å². The van der Waals surface area contributed by atoms with Crippen molar-refractivity contribution in [1.82, 2.24) is 5.32 Å². The second-order valence-corrected chi connectivity index (χ2v) is 4.83. The van der Waals surface area contributed by atoms with E-state index < -0.39 is 0 Å². The molecule has 0 amide bonds. The molecule has 2 N–H and O–H groups in total. The van der Waals surface area contributed by atoms with Crippen LogP contribution in [0.5, 0.6) is 5.75 Å². The third-order valence-corrected chi connectivity index (χ3v) is 3.70. The molecule has 0 aromatic heterocycles. The van der Waals surface area contributed by atoms with Crippen LogP contribution in [0, 0.1) is 5.82 Å². The number of nitrogens with one attached hydrogen (secondary N) is 2. The van der Waals surface area contributed by atoms with Gasteiger partial charge in [0.2, 0.25) is 0 Å². The first-order chi connectivity index (χ1) is 8.29. The van der Waals surface area contributed by atoms with Crippen LogP contribution in [0.25, 0.3) is 0 Å². The van der Waals surface area contributed by atoms with Crippen LogP contribution >= 0.6 is 0 Å². The minimum Gasteiger partial charge on any atom is -0.482 e. The van der Waals surface area contributed by atoms with Crippen molar-refractivity contribution < 1.29 is 9.13 Å². The molecule has 1 aromatic carbocycles. The number of benzene rings is 1. The zero-order chi connectivity index (χ0) is 11.7. The summed E-state index contributed by atoms with van der Waals surface area (Å²) in [4.78, 5) is 0. The van der Waals surface area contributed by atoms with Gasteiger partial charge in [-0.2, -0.15) is 0 Å². The Morgan fingerprint density at radius 1 is 1.12 bits per heavy atom. The van der Waals surface area contributed by atoms with Crippen molar-refractivity contribution >= 4 is 5.69 Å². The molecule has 0 unspecified atom stereocenters. The second kappa shape index (κ2) is 4.18. The summed E-state index contributed by atoms with van der Waals surface area (Å²) in [5.74, 6) is 0.127. The van der Waals surface area contributed by atoms with E-state index in [9.17, 15) is 4.39 Å². The summed E-state index contributed by atoms with van der Waals surface area (Å²) in [6, 6.07) is 5.05. The molecule has 0 radical (unpaired) electrons. The summed E-state index contributed by atoms with van der Waals surface area (Å²) in [5, 5.41) is 6.57. The van der Waals surface area contributed by atoms with E-state index >= 15 is 0 Å². The zero-order valence-electron chi connectivity index (χ0n) is 9.76. The highest BCUT2D eigenvalue weighted by atomic mass is 19.1. The zero-order valence-corrected chi connectivity index (χ0v) is 9.76. The third-order valence-electron chi connectivity index (χ3n) is 3.70. The lowest BCUT2D eigenvalue weighted by atomic mass is 9.89. The maximum atomic E-state index is 13.8. The van der Waals surface area contributed by atoms with Gasteiger partial charge in [0.15, 0.2) is 11.6 Å². The SMILES string of the molecule is Fc1cccc2c1OC1(CCNCC1)CCN2. The highest BCUT2D eigenvalue weighted by molar-refractivity contribution is 5.57. The van der Waals surface area contributed by atoms with Crippen LogP contribution < -0.4 is 15.4 Å². The van der Waals surface area contributed by atoms with Crippen molar-refractivity contribution in [3.05, 3.63) is 24.0 Å². The van der Waals surface area contributed by atoms with Gasteiger partial charge in [0.1, 0.15) is 5.60 Å². The van der Waals surface area contributed by atoms with E-state index in [0.29, 0.717) is 5.75 Å². The van der Waals surface area contributed by atoms with E-state index in [1.165, 1.54) is 6.07 Å². The molecule has 0 bridgehead atoms. The van der Waals surface area contributed by atoms with Crippen LogP contribution in [0.4, 0.5) is 10.1 Å². The fraction of sp³-hybridized carbons (Fsp3) is 0.538. The monoisotopic (exact) mass is 236 g/mol. The largest absolute Gasteiger partial charge is 0.482 e. The number of anilines is 1. The second-order valence-electron chi connectivity index (χ2n) is 4.83. The van der Waals surface area contributed by atoms with E-state index in [0.717, 1.165) is 44.6 Å². The summed E-state index contributed by atoms with van der Waals surface area (Å²) in [7, 11) is 0. The first-order valence-corrected chi connectivity index (χ1v) is 6.21. The Bertz CT molecular complexity index is 416. The van der Waals surface area contributed by atoms with Gasteiger partial charge in [-0.1, -0.05) is 6.07 Å². The predicted molar refractivity (Wildman–Crippen MR) is 65.0 cm³/mol. The molecule has 2 aliphatic heterocycles. The Morgan fingerprint density at radius 2 is 1.88 bits per heavy atom. The molecule has 2 heterocycles. The number of rotatable bonds is 0. The molecule has 1 aromatic rings. The van der Waals surface area contributed by atoms with Crippen molar-refractivity contribution in [3.63, 3.8) is 0 Å². The highest BCUT2D eigenvalue weighted by Gasteiger charge is 2.36. The molecule has 17 heavy (non-hydrogen) atoms. The Morgan fingerprint density at radius 3 is 2.71 bits per heavy atom. The number of ether oxygens (including phenoxy) is 1. The van der Waals surface area contributed by atoms with Crippen LogP contribution in [0.3, 0.4) is 0 Å². The molecule has 1 fully saturated rings. The van der Waals surface area contributed by atoms with Crippen molar-refractivity contribution in [2.45, 2.75) is 24.9 Å². The van der Waals surface area contributed by atoms with E-state index in [2.05, 4.69) is 10.6 Å². The van der Waals surface area contributed by atoms with Gasteiger partial charge in [0.25, 0.3) is 0 Å². The molecule has 3 nitrogen and oxygen atoms in total. The first-order valence-electron chi connectivity index (χ1n) is 6.21. The quantitative estimate of drug-likeness (QED) is 0.724. The Kier molecular flexibility index (Phi) is 2.67. The number of hydrogen-bond acceptors (Lipinski definition) is 3. The number of hydrogen-bond donors (Lipinski definition) is 2. The summed E-state index contributed by atoms with van der Waals surface area (Å²) in [6.07, 6.45) is 2.83. The van der Waals surface area contributed by atoms with Gasteiger partial charge >= 0.3 is 0 Å². The number of piperidine rings is 1. The standard InChI is InChI=1S/C13H17FN2O/c14-10-2-1-3-11-12(10)17-13(6-9-16-11)4-7-15-8-5-13/h1-3,15-16H,4-9H2. The lowest BCUT2D eigenvalue weighted by Crippen LogP contribution is -2.46. The van der Waals surface area contributed by atoms with E-state index in [-0.39, 0.29) is 11.4 Å². The normalized spacial score (nSPS) is 22.2. The Balaban J connectivity index is 1.95. The highest BCUT2D eigenvalue weighted by Crippen LogP contribution is 2.38. The maximum Gasteiger partial charge on any atom is 0.178 e. The van der Waals surface area contributed by atoms with Gasteiger partial charge in [-0.3, -0.25) is 0 Å². The van der Waals surface area contributed by atoms with E-state index in [1.54, 1.807) is 6.07 Å². The average molecular weight is 236 g/mol. The molecule has 1 spiro atoms. The number of para-hydroxylation sites is 1. The Labute approximate surface area is 100 Å². The molecule has 0 atom stereocenters. The molecular formula is C13H17FN2O. The van der Waals surface area contributed by atoms with Crippen LogP contribution in [-0.2, 0) is 0 Å². The first kappa shape index (κ1) is 10.8. The van der Waals surface area contributed by atoms with Crippen LogP contribution in [-0.4, -0.2) is 25.2 Å². The van der Waals surface area contributed by atoms with Gasteiger partial charge in [-0.25, -0.2) is 4.39 Å². The number of halogens is 1. The summed E-state index contributed by atoms with van der Waals surface area (Å²) in [5.41, 5.74) is 0.589. The van der Waals surface area contributed by atoms with Gasteiger partial charge in [-0.15, -0.1) is 0 Å². The van der Waals surface area contributed by atoms with E-state index in [1.807, 2.05) is 6.07 Å². The van der Waals surface area contributed by atoms with Gasteiger partial charge < -0.3 is 15.4 Å². The van der Waals surface area contributed by atoms with Crippen molar-refractivity contribution in [2.75, 3.05) is 25.0 Å². The molecule has 3 rings (SSSR count). The minimum absolute atomic E-state index is 0.189. The van der Waals surface area contributed by atoms with Crippen LogP contribution in [0.15, 0.2) is 18.2 Å².